The quantitative estimate of drug-likeness (QED) is 0.185. The summed E-state index contributed by atoms with van der Waals surface area (Å²) in [5, 5.41) is 36.0. The molecule has 0 spiro atoms. The summed E-state index contributed by atoms with van der Waals surface area (Å²) in [6.45, 7) is 0.390. The molecule has 0 aromatic heterocycles. The molecule has 4 N–H and O–H groups in total. The van der Waals surface area contributed by atoms with Gasteiger partial charge >= 0.3 is 0 Å². The van der Waals surface area contributed by atoms with Gasteiger partial charge in [-0.1, -0.05) is 121 Å². The van der Waals surface area contributed by atoms with E-state index < -0.39 is 12.2 Å². The van der Waals surface area contributed by atoms with Gasteiger partial charge in [0.05, 0.1) is 0 Å². The van der Waals surface area contributed by atoms with Gasteiger partial charge in [-0.25, -0.2) is 0 Å². The van der Waals surface area contributed by atoms with Gasteiger partial charge in [-0.05, 0) is 24.0 Å². The number of carbonyl (C=O) groups excluding carboxylic acids is 2. The lowest BCUT2D eigenvalue weighted by molar-refractivity contribution is 0.0743. The molecule has 0 amide bonds. The lowest BCUT2D eigenvalue weighted by Gasteiger charge is -2.09. The van der Waals surface area contributed by atoms with Gasteiger partial charge in [0.2, 0.25) is 0 Å². The molecule has 0 heterocycles. The largest absolute Gasteiger partial charge is 0.396 e. The third-order valence-electron chi connectivity index (χ3n) is 5.41. The van der Waals surface area contributed by atoms with Crippen LogP contribution >= 0.6 is 0 Å². The van der Waals surface area contributed by atoms with Crippen molar-refractivity contribution in [3.63, 3.8) is 0 Å². The first-order valence-corrected chi connectivity index (χ1v) is 12.4. The maximum Gasteiger partial charge on any atom is 0.195 e. The second-order valence-electron chi connectivity index (χ2n) is 8.24. The molecule has 2 unspecified atom stereocenters. The lowest BCUT2D eigenvalue weighted by Crippen LogP contribution is -2.11. The molecule has 0 fully saturated rings. The SMILES string of the molecule is O=C(c1ccccc1)C(O)c1ccccc1.O=C(c1ccccc1)C(O)c1ccccc1.OCCCCO. The minimum atomic E-state index is -1.08. The predicted octanol–water partition coefficient (Wildman–Crippen LogP) is 4.96. The molecule has 4 aromatic rings. The Hall–Kier alpha value is -3.94. The Kier molecular flexibility index (Phi) is 14.0. The summed E-state index contributed by atoms with van der Waals surface area (Å²) in [5.74, 6) is -0.543. The molecule has 0 aliphatic rings. The van der Waals surface area contributed by atoms with E-state index in [4.69, 9.17) is 10.2 Å². The van der Waals surface area contributed by atoms with Crippen molar-refractivity contribution >= 4 is 11.6 Å². The number of carbonyl (C=O) groups is 2. The van der Waals surface area contributed by atoms with Crippen LogP contribution in [0.3, 0.4) is 0 Å². The maximum atomic E-state index is 11.9. The molecule has 0 radical (unpaired) electrons. The summed E-state index contributed by atoms with van der Waals surface area (Å²) < 4.78 is 0. The summed E-state index contributed by atoms with van der Waals surface area (Å²) in [7, 11) is 0. The molecule has 6 nitrogen and oxygen atoms in total. The number of aliphatic hydroxyl groups excluding tert-OH is 4. The number of unbranched alkanes of at least 4 members (excludes halogenated alkanes) is 1. The molecule has 2 atom stereocenters. The molecule has 0 aliphatic carbocycles. The fourth-order valence-corrected chi connectivity index (χ4v) is 3.32. The Balaban J connectivity index is 0.000000221. The normalized spacial score (nSPS) is 11.6. The fourth-order valence-electron chi connectivity index (χ4n) is 3.32. The molecule has 6 heteroatoms. The molecule has 4 rings (SSSR count). The van der Waals surface area contributed by atoms with E-state index in [-0.39, 0.29) is 24.8 Å². The van der Waals surface area contributed by atoms with E-state index in [0.717, 1.165) is 12.8 Å². The average Bonchev–Trinajstić information content (AvgIpc) is 3.01. The van der Waals surface area contributed by atoms with E-state index >= 15 is 0 Å². The molecular weight excluding hydrogens is 480 g/mol. The highest BCUT2D eigenvalue weighted by Crippen LogP contribution is 2.18. The van der Waals surface area contributed by atoms with Crippen molar-refractivity contribution < 1.29 is 30.0 Å². The first-order valence-electron chi connectivity index (χ1n) is 12.4. The van der Waals surface area contributed by atoms with Gasteiger partial charge < -0.3 is 20.4 Å². The smallest absolute Gasteiger partial charge is 0.195 e. The molecule has 0 saturated heterocycles. The fraction of sp³-hybridized carbons (Fsp3) is 0.188. The van der Waals surface area contributed by atoms with Crippen molar-refractivity contribution in [3.8, 4) is 0 Å². The van der Waals surface area contributed by atoms with Crippen molar-refractivity contribution in [2.75, 3.05) is 13.2 Å². The third kappa shape index (κ3) is 10.2. The molecular formula is C32H34O6. The Labute approximate surface area is 223 Å². The number of benzene rings is 4. The highest BCUT2D eigenvalue weighted by molar-refractivity contribution is 6.00. The average molecular weight is 515 g/mol. The van der Waals surface area contributed by atoms with Gasteiger partial charge in [-0.2, -0.15) is 0 Å². The zero-order chi connectivity index (χ0) is 27.6. The highest BCUT2D eigenvalue weighted by atomic mass is 16.3. The number of ketones is 2. The zero-order valence-corrected chi connectivity index (χ0v) is 21.1. The molecule has 38 heavy (non-hydrogen) atoms. The second-order valence-corrected chi connectivity index (χ2v) is 8.24. The summed E-state index contributed by atoms with van der Waals surface area (Å²) in [4.78, 5) is 23.8. The molecule has 4 aromatic carbocycles. The number of Topliss-reactive ketones (excluding diaryl/α,β-unsaturated/α-hetero) is 2. The summed E-state index contributed by atoms with van der Waals surface area (Å²) in [5.41, 5.74) is 2.30. The van der Waals surface area contributed by atoms with Gasteiger partial charge in [0, 0.05) is 24.3 Å². The van der Waals surface area contributed by atoms with Crippen LogP contribution in [0.5, 0.6) is 0 Å². The second kappa shape index (κ2) is 17.5. The summed E-state index contributed by atoms with van der Waals surface area (Å²) >= 11 is 0. The topological polar surface area (TPSA) is 115 Å². The summed E-state index contributed by atoms with van der Waals surface area (Å²) in [6.07, 6.45) is -0.722. The molecule has 0 bridgehead atoms. The van der Waals surface area contributed by atoms with Gasteiger partial charge in [0.25, 0.3) is 0 Å². The van der Waals surface area contributed by atoms with Crippen LogP contribution < -0.4 is 0 Å². The zero-order valence-electron chi connectivity index (χ0n) is 21.1. The first-order chi connectivity index (χ1) is 18.5. The van der Waals surface area contributed by atoms with Crippen LogP contribution in [0.2, 0.25) is 0 Å². The number of aliphatic hydroxyl groups is 4. The highest BCUT2D eigenvalue weighted by Gasteiger charge is 2.19. The first kappa shape index (κ1) is 30.3. The Morgan fingerprint density at radius 3 is 1.00 bits per heavy atom. The third-order valence-corrected chi connectivity index (χ3v) is 5.41. The molecule has 0 saturated carbocycles. The summed E-state index contributed by atoms with van der Waals surface area (Å²) in [6, 6.07) is 35.5. The maximum absolute atomic E-state index is 11.9. The Morgan fingerprint density at radius 2 is 0.737 bits per heavy atom. The predicted molar refractivity (Wildman–Crippen MR) is 148 cm³/mol. The van der Waals surface area contributed by atoms with Crippen LogP contribution in [0.1, 0.15) is 56.9 Å². The Bertz CT molecular complexity index is 1080. The monoisotopic (exact) mass is 514 g/mol. The van der Waals surface area contributed by atoms with Crippen LogP contribution in [-0.4, -0.2) is 45.2 Å². The minimum absolute atomic E-state index is 0.195. The van der Waals surface area contributed by atoms with Gasteiger partial charge in [-0.3, -0.25) is 9.59 Å². The van der Waals surface area contributed by atoms with Crippen molar-refractivity contribution in [1.29, 1.82) is 0 Å². The van der Waals surface area contributed by atoms with E-state index in [9.17, 15) is 19.8 Å². The van der Waals surface area contributed by atoms with Crippen LogP contribution in [0.15, 0.2) is 121 Å². The minimum Gasteiger partial charge on any atom is -0.396 e. The lowest BCUT2D eigenvalue weighted by atomic mass is 10.0. The standard InChI is InChI=1S/2C14H12O2.C4H10O2/c2*15-13(11-7-3-1-4-8-11)14(16)12-9-5-2-6-10-12;5-3-1-2-4-6/h2*1-10,13,15H;5-6H,1-4H2. The van der Waals surface area contributed by atoms with Gasteiger partial charge in [0.1, 0.15) is 12.2 Å². The van der Waals surface area contributed by atoms with Crippen LogP contribution in [-0.2, 0) is 0 Å². The van der Waals surface area contributed by atoms with Crippen molar-refractivity contribution in [1.82, 2.24) is 0 Å². The number of rotatable bonds is 9. The molecule has 0 aliphatic heterocycles. The van der Waals surface area contributed by atoms with Crippen LogP contribution in [0, 0.1) is 0 Å². The van der Waals surface area contributed by atoms with Crippen LogP contribution in [0.25, 0.3) is 0 Å². The van der Waals surface area contributed by atoms with Crippen LogP contribution in [0.4, 0.5) is 0 Å². The van der Waals surface area contributed by atoms with E-state index in [1.807, 2.05) is 24.3 Å². The van der Waals surface area contributed by atoms with E-state index in [1.54, 1.807) is 97.1 Å². The van der Waals surface area contributed by atoms with Crippen molar-refractivity contribution in [3.05, 3.63) is 144 Å². The number of hydrogen-bond donors (Lipinski definition) is 4. The van der Waals surface area contributed by atoms with Crippen molar-refractivity contribution in [2.24, 2.45) is 0 Å². The van der Waals surface area contributed by atoms with Gasteiger partial charge in [-0.15, -0.1) is 0 Å². The van der Waals surface area contributed by atoms with E-state index in [2.05, 4.69) is 0 Å². The molecule has 198 valence electrons. The van der Waals surface area contributed by atoms with Crippen molar-refractivity contribution in [2.45, 2.75) is 25.0 Å². The Morgan fingerprint density at radius 1 is 0.474 bits per heavy atom. The van der Waals surface area contributed by atoms with E-state index in [1.165, 1.54) is 0 Å². The number of hydrogen-bond acceptors (Lipinski definition) is 6. The van der Waals surface area contributed by atoms with Gasteiger partial charge in [0.15, 0.2) is 11.6 Å². The van der Waals surface area contributed by atoms with E-state index in [0.29, 0.717) is 22.3 Å².